The molecule has 0 saturated heterocycles. The molecule has 0 radical (unpaired) electrons. The third kappa shape index (κ3) is 55.4. The van der Waals surface area contributed by atoms with Gasteiger partial charge in [0.1, 0.15) is 12.7 Å². The van der Waals surface area contributed by atoms with E-state index < -0.39 is 57.8 Å². The molecule has 0 rings (SSSR count). The number of phosphoric ester groups is 1. The highest BCUT2D eigenvalue weighted by atomic mass is 31.2. The second-order valence-electron chi connectivity index (χ2n) is 20.1. The van der Waals surface area contributed by atoms with Gasteiger partial charge in [0.2, 0.25) is 0 Å². The van der Waals surface area contributed by atoms with E-state index in [0.717, 1.165) is 128 Å². The van der Waals surface area contributed by atoms with Crippen LogP contribution in [0.3, 0.4) is 0 Å². The molecule has 3 unspecified atom stereocenters. The van der Waals surface area contributed by atoms with Crippen LogP contribution in [-0.4, -0.2) is 66.5 Å². The van der Waals surface area contributed by atoms with Crippen molar-refractivity contribution in [2.45, 2.75) is 277 Å². The SMILES string of the molecule is CC/C=C\C/C=C\C/C=C\CCCCCCCC(=O)OC(CO)COP(=O)(O)OCC(COC(=O)CCCCCCC/C=C\C/C=C\CCCCC)OC(=O)CCCCCCCCCCC/C=C\C/C=C\CCCCC. The van der Waals surface area contributed by atoms with Crippen molar-refractivity contribution < 1.29 is 52.2 Å². The largest absolute Gasteiger partial charge is 0.472 e. The minimum Gasteiger partial charge on any atom is -0.462 e. The van der Waals surface area contributed by atoms with E-state index in [2.05, 4.69) is 106 Å². The Labute approximate surface area is 464 Å². The van der Waals surface area contributed by atoms with Gasteiger partial charge in [-0.1, -0.05) is 215 Å². The van der Waals surface area contributed by atoms with Crippen LogP contribution in [-0.2, 0) is 42.2 Å². The second-order valence-corrected chi connectivity index (χ2v) is 21.6. The maximum Gasteiger partial charge on any atom is 0.472 e. The molecule has 0 aromatic rings. The molecule has 0 aliphatic rings. The zero-order chi connectivity index (χ0) is 55.5. The van der Waals surface area contributed by atoms with Gasteiger partial charge in [0.25, 0.3) is 0 Å². The van der Waals surface area contributed by atoms with E-state index in [0.29, 0.717) is 19.3 Å². The Hall–Kier alpha value is -3.34. The molecule has 0 aromatic heterocycles. The fraction of sp³-hybridized carbons (Fsp3) is 0.734. The first-order valence-electron chi connectivity index (χ1n) is 30.5. The molecule has 0 aromatic carbocycles. The first-order valence-corrected chi connectivity index (χ1v) is 32.0. The zero-order valence-corrected chi connectivity index (χ0v) is 49.3. The fourth-order valence-electron chi connectivity index (χ4n) is 8.14. The van der Waals surface area contributed by atoms with Crippen LogP contribution in [0.5, 0.6) is 0 Å². The minimum absolute atomic E-state index is 0.154. The number of allylic oxidation sites excluding steroid dienone is 14. The highest BCUT2D eigenvalue weighted by Gasteiger charge is 2.28. The number of rotatable bonds is 56. The molecule has 12 heteroatoms. The quantitative estimate of drug-likeness (QED) is 0.0197. The molecule has 0 bridgehead atoms. The number of phosphoric acid groups is 1. The van der Waals surface area contributed by atoms with Gasteiger partial charge in [-0.25, -0.2) is 4.57 Å². The van der Waals surface area contributed by atoms with Crippen LogP contribution in [0.15, 0.2) is 85.1 Å². The predicted molar refractivity (Wildman–Crippen MR) is 316 cm³/mol. The smallest absolute Gasteiger partial charge is 0.462 e. The average Bonchev–Trinajstić information content (AvgIpc) is 3.41. The van der Waals surface area contributed by atoms with E-state index in [1.807, 2.05) is 0 Å². The lowest BCUT2D eigenvalue weighted by molar-refractivity contribution is -0.161. The number of hydrogen-bond donors (Lipinski definition) is 2. The maximum atomic E-state index is 12.9. The summed E-state index contributed by atoms with van der Waals surface area (Å²) in [5, 5.41) is 9.83. The molecule has 0 amide bonds. The average molecular weight is 1090 g/mol. The van der Waals surface area contributed by atoms with Crippen LogP contribution < -0.4 is 0 Å². The van der Waals surface area contributed by atoms with Crippen LogP contribution in [0, 0.1) is 0 Å². The molecular formula is C64H111O11P. The van der Waals surface area contributed by atoms with Crippen LogP contribution in [0.4, 0.5) is 0 Å². The number of aliphatic hydroxyl groups is 1. The summed E-state index contributed by atoms with van der Waals surface area (Å²) in [6.07, 6.45) is 66.7. The summed E-state index contributed by atoms with van der Waals surface area (Å²) in [5.74, 6) is -1.50. The lowest BCUT2D eigenvalue weighted by Gasteiger charge is -2.21. The summed E-state index contributed by atoms with van der Waals surface area (Å²) in [4.78, 5) is 48.6. The summed E-state index contributed by atoms with van der Waals surface area (Å²) >= 11 is 0. The molecule has 3 atom stereocenters. The summed E-state index contributed by atoms with van der Waals surface area (Å²) < 4.78 is 39.6. The van der Waals surface area contributed by atoms with Gasteiger partial charge in [-0.3, -0.25) is 23.4 Å². The van der Waals surface area contributed by atoms with Crippen molar-refractivity contribution in [2.75, 3.05) is 26.4 Å². The summed E-state index contributed by atoms with van der Waals surface area (Å²) in [5.41, 5.74) is 0. The molecule has 0 fully saturated rings. The Balaban J connectivity index is 4.75. The molecule has 0 heterocycles. The van der Waals surface area contributed by atoms with Gasteiger partial charge in [0.05, 0.1) is 19.8 Å². The number of aliphatic hydroxyl groups excluding tert-OH is 1. The first-order chi connectivity index (χ1) is 37.2. The Bertz CT molecular complexity index is 1600. The van der Waals surface area contributed by atoms with Crippen LogP contribution in [0.1, 0.15) is 265 Å². The van der Waals surface area contributed by atoms with Crippen molar-refractivity contribution in [3.63, 3.8) is 0 Å². The van der Waals surface area contributed by atoms with Gasteiger partial charge in [-0.15, -0.1) is 0 Å². The van der Waals surface area contributed by atoms with E-state index in [-0.39, 0.29) is 25.9 Å². The third-order valence-corrected chi connectivity index (χ3v) is 13.7. The molecule has 0 aliphatic carbocycles. The molecule has 11 nitrogen and oxygen atoms in total. The molecule has 2 N–H and O–H groups in total. The van der Waals surface area contributed by atoms with E-state index in [1.165, 1.54) is 77.0 Å². The van der Waals surface area contributed by atoms with Crippen molar-refractivity contribution in [3.05, 3.63) is 85.1 Å². The Morgan fingerprint density at radius 3 is 1.05 bits per heavy atom. The number of unbranched alkanes of at least 4 members (excludes halogenated alkanes) is 25. The lowest BCUT2D eigenvalue weighted by Crippen LogP contribution is -2.30. The normalized spacial score (nSPS) is 13.9. The Morgan fingerprint density at radius 1 is 0.382 bits per heavy atom. The molecule has 0 spiro atoms. The standard InChI is InChI=1S/C64H111O11P/c1-4-7-10-13-16-19-22-25-28-29-30-31-34-37-40-43-46-49-52-55-64(68)75-61(57-71-62(66)53-50-47-44-41-38-35-32-26-23-20-17-14-11-8-5-2)59-73-76(69,70)72-58-60(56-65)74-63(67)54-51-48-45-42-39-36-33-27-24-21-18-15-12-9-6-3/h9,12,16-21,25-28,32-33,60-61,65H,4-8,10-11,13-15,22-24,29-31,34-59H2,1-3H3,(H,69,70)/b12-9-,19-16-,20-17-,21-18-,28-25-,32-26-,33-27-. The molecule has 0 saturated carbocycles. The van der Waals surface area contributed by atoms with Crippen molar-refractivity contribution in [1.29, 1.82) is 0 Å². The van der Waals surface area contributed by atoms with E-state index >= 15 is 0 Å². The number of carbonyl (C=O) groups is 3. The molecule has 0 aliphatic heterocycles. The monoisotopic (exact) mass is 1090 g/mol. The van der Waals surface area contributed by atoms with Crippen molar-refractivity contribution in [1.82, 2.24) is 0 Å². The highest BCUT2D eigenvalue weighted by molar-refractivity contribution is 7.47. The Kier molecular flexibility index (Phi) is 55.3. The van der Waals surface area contributed by atoms with Crippen LogP contribution in [0.2, 0.25) is 0 Å². The predicted octanol–water partition coefficient (Wildman–Crippen LogP) is 18.3. The number of hydrogen-bond acceptors (Lipinski definition) is 10. The summed E-state index contributed by atoms with van der Waals surface area (Å²) in [6, 6.07) is 0. The maximum absolute atomic E-state index is 12.9. The van der Waals surface area contributed by atoms with Crippen LogP contribution in [0.25, 0.3) is 0 Å². The molecule has 438 valence electrons. The number of carbonyl (C=O) groups excluding carboxylic acids is 3. The van der Waals surface area contributed by atoms with Gasteiger partial charge in [0.15, 0.2) is 6.10 Å². The van der Waals surface area contributed by atoms with Gasteiger partial charge in [-0.2, -0.15) is 0 Å². The topological polar surface area (TPSA) is 155 Å². The van der Waals surface area contributed by atoms with Gasteiger partial charge >= 0.3 is 25.7 Å². The van der Waals surface area contributed by atoms with Crippen LogP contribution >= 0.6 is 7.82 Å². The van der Waals surface area contributed by atoms with Crippen molar-refractivity contribution in [2.24, 2.45) is 0 Å². The molecule has 76 heavy (non-hydrogen) atoms. The van der Waals surface area contributed by atoms with E-state index in [4.69, 9.17) is 23.3 Å². The third-order valence-electron chi connectivity index (χ3n) is 12.8. The Morgan fingerprint density at radius 2 is 0.684 bits per heavy atom. The highest BCUT2D eigenvalue weighted by Crippen LogP contribution is 2.43. The fourth-order valence-corrected chi connectivity index (χ4v) is 8.92. The lowest BCUT2D eigenvalue weighted by atomic mass is 10.1. The van der Waals surface area contributed by atoms with Gasteiger partial charge < -0.3 is 24.2 Å². The number of ether oxygens (including phenoxy) is 3. The first kappa shape index (κ1) is 72.7. The van der Waals surface area contributed by atoms with Gasteiger partial charge in [-0.05, 0) is 116 Å². The second kappa shape index (κ2) is 57.8. The summed E-state index contributed by atoms with van der Waals surface area (Å²) in [6.45, 7) is 4.46. The number of esters is 3. The zero-order valence-electron chi connectivity index (χ0n) is 48.5. The minimum atomic E-state index is -4.76. The van der Waals surface area contributed by atoms with E-state index in [1.54, 1.807) is 0 Å². The summed E-state index contributed by atoms with van der Waals surface area (Å²) in [7, 11) is -4.76. The van der Waals surface area contributed by atoms with Crippen molar-refractivity contribution >= 4 is 25.7 Å². The van der Waals surface area contributed by atoms with E-state index in [9.17, 15) is 28.9 Å². The van der Waals surface area contributed by atoms with Crippen molar-refractivity contribution in [3.8, 4) is 0 Å². The molecular weight excluding hydrogens is 976 g/mol. The van der Waals surface area contributed by atoms with Gasteiger partial charge in [0, 0.05) is 19.3 Å².